The summed E-state index contributed by atoms with van der Waals surface area (Å²) in [6.07, 6.45) is 22.9. The molecule has 1 aromatic heterocycles. The van der Waals surface area contributed by atoms with Gasteiger partial charge in [-0.25, -0.2) is 4.57 Å². The van der Waals surface area contributed by atoms with Crippen LogP contribution in [0.2, 0.25) is 0 Å². The van der Waals surface area contributed by atoms with E-state index in [9.17, 15) is 4.79 Å². The number of carbonyl (C=O) groups is 1. The second-order valence-corrected chi connectivity index (χ2v) is 11.8. The number of aromatic nitrogens is 1. The van der Waals surface area contributed by atoms with Crippen molar-refractivity contribution >= 4 is 5.91 Å². The standard InChI is InChI=1S/C38H55N2O3.HI/c1-4-5-6-7-8-9-10-11-12-13-14-15-16-20-28-43-36-26-25-33(29-37(36)42-3)31-40(32-34-22-21-27-39(2)30-34)38(41)35-23-18-17-19-24-35;/h17-19,21-27,29-30H,4-16,20,28,31-32H2,1-3H3;1H/q+1;/p-1. The molecule has 0 saturated heterocycles. The summed E-state index contributed by atoms with van der Waals surface area (Å²) in [5, 5.41) is 0. The van der Waals surface area contributed by atoms with Crippen LogP contribution in [0.4, 0.5) is 0 Å². The number of halogens is 1. The fraction of sp³-hybridized carbons (Fsp3) is 0.526. The van der Waals surface area contributed by atoms with Gasteiger partial charge in [0.05, 0.1) is 20.3 Å². The predicted octanol–water partition coefficient (Wildman–Crippen LogP) is 6.23. The second-order valence-electron chi connectivity index (χ2n) is 11.8. The molecule has 0 N–H and O–H groups in total. The molecule has 3 rings (SSSR count). The van der Waals surface area contributed by atoms with Gasteiger partial charge in [0.2, 0.25) is 0 Å². The Morgan fingerprint density at radius 3 is 1.89 bits per heavy atom. The molecule has 0 aliphatic carbocycles. The van der Waals surface area contributed by atoms with Crippen LogP contribution in [0.5, 0.6) is 11.5 Å². The molecule has 3 aromatic rings. The van der Waals surface area contributed by atoms with Crippen LogP contribution in [0.3, 0.4) is 0 Å². The lowest BCUT2D eigenvalue weighted by atomic mass is 10.0. The van der Waals surface area contributed by atoms with Crippen molar-refractivity contribution in [2.24, 2.45) is 7.05 Å². The normalized spacial score (nSPS) is 10.7. The van der Waals surface area contributed by atoms with Gasteiger partial charge in [0.1, 0.15) is 7.05 Å². The van der Waals surface area contributed by atoms with E-state index in [2.05, 4.69) is 19.2 Å². The number of aryl methyl sites for hydroxylation is 1. The second kappa shape index (κ2) is 22.8. The van der Waals surface area contributed by atoms with Crippen molar-refractivity contribution in [3.05, 3.63) is 89.7 Å². The lowest BCUT2D eigenvalue weighted by molar-refractivity contribution is -0.672. The van der Waals surface area contributed by atoms with Gasteiger partial charge in [-0.05, 0) is 42.3 Å². The largest absolute Gasteiger partial charge is 1.00 e. The van der Waals surface area contributed by atoms with E-state index in [1.807, 2.05) is 77.3 Å². The summed E-state index contributed by atoms with van der Waals surface area (Å²) in [6.45, 7) is 3.96. The Hall–Kier alpha value is -2.61. The van der Waals surface area contributed by atoms with E-state index in [4.69, 9.17) is 9.47 Å². The van der Waals surface area contributed by atoms with Gasteiger partial charge in [-0.2, -0.15) is 0 Å². The number of rotatable bonds is 22. The lowest BCUT2D eigenvalue weighted by Crippen LogP contribution is -3.00. The fourth-order valence-corrected chi connectivity index (χ4v) is 5.56. The van der Waals surface area contributed by atoms with E-state index in [1.54, 1.807) is 7.11 Å². The zero-order valence-electron chi connectivity index (χ0n) is 27.4. The Bertz CT molecular complexity index is 1190. The fourth-order valence-electron chi connectivity index (χ4n) is 5.56. The van der Waals surface area contributed by atoms with E-state index in [-0.39, 0.29) is 29.9 Å². The van der Waals surface area contributed by atoms with Crippen molar-refractivity contribution < 1.29 is 42.8 Å². The molecule has 0 saturated carbocycles. The highest BCUT2D eigenvalue weighted by Gasteiger charge is 2.19. The Labute approximate surface area is 284 Å². The number of hydrogen-bond donors (Lipinski definition) is 0. The summed E-state index contributed by atoms with van der Waals surface area (Å²) >= 11 is 0. The Kier molecular flexibility index (Phi) is 19.5. The molecule has 0 bridgehead atoms. The zero-order chi connectivity index (χ0) is 30.5. The van der Waals surface area contributed by atoms with E-state index < -0.39 is 0 Å². The molecular formula is C38H55IN2O3. The third-order valence-corrected chi connectivity index (χ3v) is 8.04. The van der Waals surface area contributed by atoms with E-state index in [1.165, 1.54) is 83.5 Å². The van der Waals surface area contributed by atoms with Gasteiger partial charge in [0, 0.05) is 23.7 Å². The van der Waals surface area contributed by atoms with Crippen molar-refractivity contribution in [2.45, 2.75) is 110 Å². The maximum Gasteiger partial charge on any atom is 0.254 e. The number of nitrogens with zero attached hydrogens (tertiary/aromatic N) is 2. The van der Waals surface area contributed by atoms with Gasteiger partial charge < -0.3 is 38.4 Å². The topological polar surface area (TPSA) is 42.7 Å². The van der Waals surface area contributed by atoms with Crippen molar-refractivity contribution in [1.82, 2.24) is 4.90 Å². The van der Waals surface area contributed by atoms with Crippen LogP contribution in [-0.2, 0) is 20.1 Å². The number of carbonyl (C=O) groups excluding carboxylic acids is 1. The molecule has 5 nitrogen and oxygen atoms in total. The van der Waals surface area contributed by atoms with Crippen molar-refractivity contribution in [3.63, 3.8) is 0 Å². The third kappa shape index (κ3) is 14.4. The average molecular weight is 715 g/mol. The summed E-state index contributed by atoms with van der Waals surface area (Å²) in [4.78, 5) is 15.4. The van der Waals surface area contributed by atoms with Gasteiger partial charge in [0.25, 0.3) is 5.91 Å². The predicted molar refractivity (Wildman–Crippen MR) is 176 cm³/mol. The van der Waals surface area contributed by atoms with E-state index in [0.29, 0.717) is 31.0 Å². The maximum atomic E-state index is 13.5. The zero-order valence-corrected chi connectivity index (χ0v) is 29.6. The minimum absolute atomic E-state index is 0. The smallest absolute Gasteiger partial charge is 0.254 e. The minimum atomic E-state index is 0. The van der Waals surface area contributed by atoms with Crippen LogP contribution in [0.25, 0.3) is 0 Å². The third-order valence-electron chi connectivity index (χ3n) is 8.04. The van der Waals surface area contributed by atoms with Gasteiger partial charge >= 0.3 is 0 Å². The number of unbranched alkanes of at least 4 members (excludes halogenated alkanes) is 13. The van der Waals surface area contributed by atoms with Gasteiger partial charge in [0.15, 0.2) is 23.9 Å². The maximum absolute atomic E-state index is 13.5. The number of methoxy groups -OCH3 is 1. The monoisotopic (exact) mass is 714 g/mol. The first-order valence-corrected chi connectivity index (χ1v) is 16.7. The molecule has 0 fully saturated rings. The summed E-state index contributed by atoms with van der Waals surface area (Å²) in [5.41, 5.74) is 2.77. The first-order chi connectivity index (χ1) is 21.1. The molecule has 0 radical (unpaired) electrons. The molecule has 2 aromatic carbocycles. The molecular weight excluding hydrogens is 659 g/mol. The van der Waals surface area contributed by atoms with Crippen LogP contribution in [0.15, 0.2) is 73.1 Å². The number of pyridine rings is 1. The van der Waals surface area contributed by atoms with Crippen molar-refractivity contribution in [1.29, 1.82) is 0 Å². The highest BCUT2D eigenvalue weighted by molar-refractivity contribution is 5.94. The van der Waals surface area contributed by atoms with Crippen LogP contribution < -0.4 is 38.0 Å². The quantitative estimate of drug-likeness (QED) is 0.0705. The van der Waals surface area contributed by atoms with Gasteiger partial charge in [-0.15, -0.1) is 0 Å². The molecule has 242 valence electrons. The first-order valence-electron chi connectivity index (χ1n) is 16.7. The summed E-state index contributed by atoms with van der Waals surface area (Å²) < 4.78 is 13.8. The van der Waals surface area contributed by atoms with E-state index >= 15 is 0 Å². The molecule has 6 heteroatoms. The van der Waals surface area contributed by atoms with Gasteiger partial charge in [-0.3, -0.25) is 4.79 Å². The molecule has 0 aliphatic rings. The number of benzene rings is 2. The summed E-state index contributed by atoms with van der Waals surface area (Å²) in [7, 11) is 3.67. The molecule has 0 aliphatic heterocycles. The summed E-state index contributed by atoms with van der Waals surface area (Å²) in [5.74, 6) is 1.47. The van der Waals surface area contributed by atoms with Crippen LogP contribution in [0.1, 0.15) is 118 Å². The highest BCUT2D eigenvalue weighted by Crippen LogP contribution is 2.29. The van der Waals surface area contributed by atoms with Crippen LogP contribution >= 0.6 is 0 Å². The number of amides is 1. The lowest BCUT2D eigenvalue weighted by Gasteiger charge is -2.23. The molecule has 44 heavy (non-hydrogen) atoms. The SMILES string of the molecule is CCCCCCCCCCCCCCCCOc1ccc(CN(Cc2ccc[n+](C)c2)C(=O)c2ccccc2)cc1OC.[I-]. The number of ether oxygens (including phenoxy) is 2. The Morgan fingerprint density at radius 1 is 0.705 bits per heavy atom. The molecule has 0 spiro atoms. The minimum Gasteiger partial charge on any atom is -1.00 e. The number of hydrogen-bond acceptors (Lipinski definition) is 3. The molecule has 1 heterocycles. The van der Waals surface area contributed by atoms with Crippen molar-refractivity contribution in [3.8, 4) is 11.5 Å². The highest BCUT2D eigenvalue weighted by atomic mass is 127. The first kappa shape index (κ1) is 37.6. The van der Waals surface area contributed by atoms with E-state index in [0.717, 1.165) is 23.3 Å². The Balaban J connectivity index is 0.00000675. The molecule has 1 amide bonds. The Morgan fingerprint density at radius 2 is 1.30 bits per heavy atom. The van der Waals surface area contributed by atoms with Gasteiger partial charge in [-0.1, -0.05) is 115 Å². The summed E-state index contributed by atoms with van der Waals surface area (Å²) in [6, 6.07) is 19.6. The molecule has 0 atom stereocenters. The average Bonchev–Trinajstić information content (AvgIpc) is 3.03. The van der Waals surface area contributed by atoms with Crippen molar-refractivity contribution in [2.75, 3.05) is 13.7 Å². The van der Waals surface area contributed by atoms with Crippen LogP contribution in [-0.4, -0.2) is 24.5 Å². The van der Waals surface area contributed by atoms with Crippen LogP contribution in [0, 0.1) is 0 Å². The molecule has 0 unspecified atom stereocenters.